The summed E-state index contributed by atoms with van der Waals surface area (Å²) in [6.07, 6.45) is 1.72. The molecule has 24 heavy (non-hydrogen) atoms. The Labute approximate surface area is 140 Å². The summed E-state index contributed by atoms with van der Waals surface area (Å²) >= 11 is 0. The zero-order chi connectivity index (χ0) is 16.8. The molecule has 2 aromatic heterocycles. The summed E-state index contributed by atoms with van der Waals surface area (Å²) in [6.45, 7) is 0.402. The van der Waals surface area contributed by atoms with Gasteiger partial charge in [-0.05, 0) is 36.4 Å². The van der Waals surface area contributed by atoms with Gasteiger partial charge in [0.2, 0.25) is 0 Å². The van der Waals surface area contributed by atoms with Gasteiger partial charge in [0.05, 0.1) is 19.4 Å². The standard InChI is InChI=1S/C18H18N4O2/c1-23-12-14-11-17(20-13-6-8-15(24-2)9-7-13)22-18(21-14)16-5-3-4-10-19-16/h3-11H,12H2,1-2H3,(H,20,21,22). The van der Waals surface area contributed by atoms with Crippen LogP contribution in [0.1, 0.15) is 5.69 Å². The normalized spacial score (nSPS) is 10.4. The van der Waals surface area contributed by atoms with E-state index < -0.39 is 0 Å². The van der Waals surface area contributed by atoms with Crippen molar-refractivity contribution in [3.8, 4) is 17.3 Å². The molecular weight excluding hydrogens is 304 g/mol. The number of aromatic nitrogens is 3. The number of hydrogen-bond donors (Lipinski definition) is 1. The Bertz CT molecular complexity index is 792. The fourth-order valence-corrected chi connectivity index (χ4v) is 2.22. The minimum Gasteiger partial charge on any atom is -0.497 e. The van der Waals surface area contributed by atoms with E-state index in [1.165, 1.54) is 0 Å². The molecule has 0 aliphatic rings. The number of methoxy groups -OCH3 is 2. The molecule has 6 nitrogen and oxygen atoms in total. The Kier molecular flexibility index (Phi) is 4.98. The monoisotopic (exact) mass is 322 g/mol. The van der Waals surface area contributed by atoms with Crippen LogP contribution in [0.4, 0.5) is 11.5 Å². The predicted octanol–water partition coefficient (Wildman–Crippen LogP) is 3.44. The van der Waals surface area contributed by atoms with E-state index in [1.807, 2.05) is 48.5 Å². The maximum Gasteiger partial charge on any atom is 0.180 e. The van der Waals surface area contributed by atoms with Gasteiger partial charge in [-0.2, -0.15) is 0 Å². The third-order valence-electron chi connectivity index (χ3n) is 3.33. The molecule has 1 aromatic carbocycles. The molecule has 3 rings (SSSR count). The van der Waals surface area contributed by atoms with Gasteiger partial charge in [-0.3, -0.25) is 4.98 Å². The Morgan fingerprint density at radius 2 is 1.83 bits per heavy atom. The number of nitrogens with zero attached hydrogens (tertiary/aromatic N) is 3. The summed E-state index contributed by atoms with van der Waals surface area (Å²) in [5.74, 6) is 2.04. The number of ether oxygens (including phenoxy) is 2. The number of anilines is 2. The summed E-state index contributed by atoms with van der Waals surface area (Å²) in [7, 11) is 3.28. The zero-order valence-electron chi connectivity index (χ0n) is 13.6. The summed E-state index contributed by atoms with van der Waals surface area (Å²) in [6, 6.07) is 15.1. The predicted molar refractivity (Wildman–Crippen MR) is 92.3 cm³/mol. The van der Waals surface area contributed by atoms with Crippen molar-refractivity contribution in [2.75, 3.05) is 19.5 Å². The first-order valence-corrected chi connectivity index (χ1v) is 7.48. The lowest BCUT2D eigenvalue weighted by molar-refractivity contribution is 0.181. The van der Waals surface area contributed by atoms with Gasteiger partial charge in [-0.1, -0.05) is 6.07 Å². The van der Waals surface area contributed by atoms with Gasteiger partial charge in [-0.25, -0.2) is 9.97 Å². The quantitative estimate of drug-likeness (QED) is 0.750. The zero-order valence-corrected chi connectivity index (χ0v) is 13.6. The first kappa shape index (κ1) is 15.9. The van der Waals surface area contributed by atoms with Crippen LogP contribution in [0.5, 0.6) is 5.75 Å². The maximum atomic E-state index is 5.20. The minimum absolute atomic E-state index is 0.402. The molecule has 0 atom stereocenters. The maximum absolute atomic E-state index is 5.20. The van der Waals surface area contributed by atoms with Gasteiger partial charge >= 0.3 is 0 Å². The molecule has 0 unspecified atom stereocenters. The van der Waals surface area contributed by atoms with E-state index in [0.29, 0.717) is 23.9 Å². The van der Waals surface area contributed by atoms with Crippen LogP contribution < -0.4 is 10.1 Å². The van der Waals surface area contributed by atoms with E-state index in [9.17, 15) is 0 Å². The lowest BCUT2D eigenvalue weighted by atomic mass is 10.3. The molecular formula is C18H18N4O2. The molecule has 122 valence electrons. The van der Waals surface area contributed by atoms with Crippen LogP contribution in [0.3, 0.4) is 0 Å². The van der Waals surface area contributed by atoms with Crippen molar-refractivity contribution in [3.63, 3.8) is 0 Å². The molecule has 1 N–H and O–H groups in total. The molecule has 0 aliphatic carbocycles. The lowest BCUT2D eigenvalue weighted by Gasteiger charge is -2.10. The molecule has 0 bridgehead atoms. The lowest BCUT2D eigenvalue weighted by Crippen LogP contribution is -2.02. The second-order valence-electron chi connectivity index (χ2n) is 5.07. The van der Waals surface area contributed by atoms with Crippen LogP contribution in [0.2, 0.25) is 0 Å². The molecule has 2 heterocycles. The largest absolute Gasteiger partial charge is 0.497 e. The highest BCUT2D eigenvalue weighted by Crippen LogP contribution is 2.21. The second kappa shape index (κ2) is 7.52. The number of rotatable bonds is 6. The van der Waals surface area contributed by atoms with Crippen LogP contribution in [0.25, 0.3) is 11.5 Å². The average molecular weight is 322 g/mol. The molecule has 0 saturated heterocycles. The fraction of sp³-hybridized carbons (Fsp3) is 0.167. The summed E-state index contributed by atoms with van der Waals surface area (Å²) in [5, 5.41) is 3.27. The summed E-state index contributed by atoms with van der Waals surface area (Å²) < 4.78 is 10.4. The molecule has 0 radical (unpaired) electrons. The molecule has 0 amide bonds. The van der Waals surface area contributed by atoms with Crippen LogP contribution in [-0.4, -0.2) is 29.2 Å². The fourth-order valence-electron chi connectivity index (χ4n) is 2.22. The van der Waals surface area contributed by atoms with E-state index in [-0.39, 0.29) is 0 Å². The van der Waals surface area contributed by atoms with Crippen LogP contribution in [0.15, 0.2) is 54.7 Å². The van der Waals surface area contributed by atoms with E-state index in [4.69, 9.17) is 9.47 Å². The van der Waals surface area contributed by atoms with Crippen molar-refractivity contribution >= 4 is 11.5 Å². The van der Waals surface area contributed by atoms with Crippen LogP contribution in [-0.2, 0) is 11.3 Å². The molecule has 0 saturated carbocycles. The highest BCUT2D eigenvalue weighted by Gasteiger charge is 2.08. The van der Waals surface area contributed by atoms with Crippen molar-refractivity contribution < 1.29 is 9.47 Å². The van der Waals surface area contributed by atoms with E-state index >= 15 is 0 Å². The molecule has 0 spiro atoms. The first-order valence-electron chi connectivity index (χ1n) is 7.48. The number of pyridine rings is 1. The van der Waals surface area contributed by atoms with E-state index in [0.717, 1.165) is 17.1 Å². The number of hydrogen-bond acceptors (Lipinski definition) is 6. The highest BCUT2D eigenvalue weighted by atomic mass is 16.5. The molecule has 3 aromatic rings. The van der Waals surface area contributed by atoms with Crippen molar-refractivity contribution in [3.05, 3.63) is 60.4 Å². The summed E-state index contributed by atoms with van der Waals surface area (Å²) in [5.41, 5.74) is 2.40. The van der Waals surface area contributed by atoms with Gasteiger partial charge < -0.3 is 14.8 Å². The van der Waals surface area contributed by atoms with Crippen molar-refractivity contribution in [1.82, 2.24) is 15.0 Å². The van der Waals surface area contributed by atoms with Gasteiger partial charge in [0.15, 0.2) is 5.82 Å². The van der Waals surface area contributed by atoms with Gasteiger partial charge in [0, 0.05) is 25.1 Å². The Morgan fingerprint density at radius 1 is 1.00 bits per heavy atom. The van der Waals surface area contributed by atoms with Gasteiger partial charge in [-0.15, -0.1) is 0 Å². The average Bonchev–Trinajstić information content (AvgIpc) is 2.63. The second-order valence-corrected chi connectivity index (χ2v) is 5.07. The van der Waals surface area contributed by atoms with Crippen molar-refractivity contribution in [1.29, 1.82) is 0 Å². The first-order chi connectivity index (χ1) is 11.8. The van der Waals surface area contributed by atoms with Gasteiger partial charge in [0.25, 0.3) is 0 Å². The third-order valence-corrected chi connectivity index (χ3v) is 3.33. The van der Waals surface area contributed by atoms with E-state index in [2.05, 4.69) is 20.3 Å². The van der Waals surface area contributed by atoms with Crippen molar-refractivity contribution in [2.24, 2.45) is 0 Å². The van der Waals surface area contributed by atoms with Crippen LogP contribution >= 0.6 is 0 Å². The van der Waals surface area contributed by atoms with Gasteiger partial charge in [0.1, 0.15) is 17.3 Å². The number of benzene rings is 1. The Morgan fingerprint density at radius 3 is 2.50 bits per heavy atom. The smallest absolute Gasteiger partial charge is 0.180 e. The number of nitrogens with one attached hydrogen (secondary N) is 1. The van der Waals surface area contributed by atoms with E-state index in [1.54, 1.807) is 20.4 Å². The van der Waals surface area contributed by atoms with Crippen molar-refractivity contribution in [2.45, 2.75) is 6.61 Å². The molecule has 0 fully saturated rings. The highest BCUT2D eigenvalue weighted by molar-refractivity contribution is 5.60. The Hall–Kier alpha value is -2.99. The third kappa shape index (κ3) is 3.85. The topological polar surface area (TPSA) is 69.2 Å². The SMILES string of the molecule is COCc1cc(Nc2ccc(OC)cc2)nc(-c2ccccn2)n1. The molecule has 0 aliphatic heterocycles. The van der Waals surface area contributed by atoms with Crippen LogP contribution in [0, 0.1) is 0 Å². The summed E-state index contributed by atoms with van der Waals surface area (Å²) in [4.78, 5) is 13.4. The molecule has 6 heteroatoms. The minimum atomic E-state index is 0.402. The Balaban J connectivity index is 1.92.